The molecule has 0 saturated heterocycles. The summed E-state index contributed by atoms with van der Waals surface area (Å²) in [7, 11) is 0. The minimum atomic E-state index is -0.653. The lowest BCUT2D eigenvalue weighted by Gasteiger charge is -2.09. The second-order valence-corrected chi connectivity index (χ2v) is 2.43. The standard InChI is InChI=1S/C10H16O4/c1-3-5-13-8-10(11)9-14-7-6-12-4-2/h4,10-11H,2,6-9H2,1H3. The Morgan fingerprint density at radius 2 is 2.21 bits per heavy atom. The van der Waals surface area contributed by atoms with Crippen molar-refractivity contribution in [1.82, 2.24) is 0 Å². The van der Waals surface area contributed by atoms with Crippen LogP contribution in [0.5, 0.6) is 0 Å². The van der Waals surface area contributed by atoms with E-state index in [0.717, 1.165) is 0 Å². The number of aliphatic hydroxyl groups excluding tert-OH is 1. The average Bonchev–Trinajstić information content (AvgIpc) is 2.18. The lowest BCUT2D eigenvalue weighted by atomic mass is 10.4. The molecule has 0 amide bonds. The van der Waals surface area contributed by atoms with Crippen LogP contribution in [0.1, 0.15) is 6.92 Å². The molecule has 0 aliphatic carbocycles. The molecule has 0 heterocycles. The number of aliphatic hydroxyl groups is 1. The van der Waals surface area contributed by atoms with E-state index in [1.807, 2.05) is 0 Å². The third-order valence-electron chi connectivity index (χ3n) is 1.22. The van der Waals surface area contributed by atoms with E-state index in [1.165, 1.54) is 6.26 Å². The highest BCUT2D eigenvalue weighted by atomic mass is 16.5. The minimum absolute atomic E-state index is 0.156. The van der Waals surface area contributed by atoms with Crippen LogP contribution < -0.4 is 0 Å². The van der Waals surface area contributed by atoms with Gasteiger partial charge in [0, 0.05) is 6.92 Å². The fourth-order valence-electron chi connectivity index (χ4n) is 0.668. The molecule has 0 spiro atoms. The quantitative estimate of drug-likeness (QED) is 0.352. The molecule has 80 valence electrons. The summed E-state index contributed by atoms with van der Waals surface area (Å²) in [5.74, 6) is 2.55. The summed E-state index contributed by atoms with van der Waals surface area (Å²) in [5, 5.41) is 9.25. The summed E-state index contributed by atoms with van der Waals surface area (Å²) in [6.07, 6.45) is 3.08. The monoisotopic (exact) mass is 200 g/mol. The van der Waals surface area contributed by atoms with Crippen LogP contribution in [0.15, 0.2) is 12.8 Å². The molecular formula is C10H16O4. The van der Waals surface area contributed by atoms with Gasteiger partial charge in [0.1, 0.15) is 25.4 Å². The van der Waals surface area contributed by atoms with Crippen molar-refractivity contribution >= 4 is 0 Å². The first-order chi connectivity index (χ1) is 6.81. The van der Waals surface area contributed by atoms with Gasteiger partial charge >= 0.3 is 0 Å². The van der Waals surface area contributed by atoms with Crippen molar-refractivity contribution in [3.63, 3.8) is 0 Å². The van der Waals surface area contributed by atoms with Crippen LogP contribution in [0, 0.1) is 12.0 Å². The van der Waals surface area contributed by atoms with Gasteiger partial charge in [0.15, 0.2) is 0 Å². The van der Waals surface area contributed by atoms with E-state index in [2.05, 4.69) is 18.6 Å². The van der Waals surface area contributed by atoms with E-state index >= 15 is 0 Å². The molecule has 0 aliphatic heterocycles. The second-order valence-electron chi connectivity index (χ2n) is 2.43. The van der Waals surface area contributed by atoms with Crippen molar-refractivity contribution in [2.75, 3.05) is 26.4 Å². The van der Waals surface area contributed by atoms with Gasteiger partial charge in [-0.15, -0.1) is 0 Å². The van der Waals surface area contributed by atoms with Crippen molar-refractivity contribution in [3.05, 3.63) is 12.8 Å². The summed E-state index contributed by atoms with van der Waals surface area (Å²) in [5.41, 5.74) is 0. The molecule has 4 nitrogen and oxygen atoms in total. The zero-order valence-corrected chi connectivity index (χ0v) is 8.36. The topological polar surface area (TPSA) is 47.9 Å². The SMILES string of the molecule is C=COCCOCC(O)COC#CC. The van der Waals surface area contributed by atoms with Gasteiger partial charge in [0.25, 0.3) is 0 Å². The Balaban J connectivity index is 3.20. The maximum Gasteiger partial charge on any atom is 0.128 e. The van der Waals surface area contributed by atoms with Gasteiger partial charge in [-0.2, -0.15) is 0 Å². The molecule has 1 unspecified atom stereocenters. The highest BCUT2D eigenvalue weighted by Crippen LogP contribution is 1.87. The average molecular weight is 200 g/mol. The van der Waals surface area contributed by atoms with Gasteiger partial charge < -0.3 is 19.3 Å². The molecule has 0 aromatic heterocycles. The summed E-state index contributed by atoms with van der Waals surface area (Å²) < 4.78 is 14.7. The van der Waals surface area contributed by atoms with Crippen LogP contribution in [0.25, 0.3) is 0 Å². The van der Waals surface area contributed by atoms with Crippen molar-refractivity contribution in [3.8, 4) is 12.0 Å². The minimum Gasteiger partial charge on any atom is -0.499 e. The van der Waals surface area contributed by atoms with Crippen LogP contribution in [-0.4, -0.2) is 37.6 Å². The molecule has 0 aromatic rings. The van der Waals surface area contributed by atoms with E-state index in [1.54, 1.807) is 6.92 Å². The largest absolute Gasteiger partial charge is 0.499 e. The number of hydrogen-bond acceptors (Lipinski definition) is 4. The number of rotatable bonds is 8. The predicted molar refractivity (Wildman–Crippen MR) is 52.4 cm³/mol. The van der Waals surface area contributed by atoms with Gasteiger partial charge in [-0.3, -0.25) is 0 Å². The Hall–Kier alpha value is -1.18. The first-order valence-corrected chi connectivity index (χ1v) is 4.33. The molecule has 0 aliphatic rings. The van der Waals surface area contributed by atoms with Crippen molar-refractivity contribution in [2.45, 2.75) is 13.0 Å². The van der Waals surface area contributed by atoms with Crippen molar-refractivity contribution in [1.29, 1.82) is 0 Å². The maximum absolute atomic E-state index is 9.25. The van der Waals surface area contributed by atoms with Crippen LogP contribution in [0.2, 0.25) is 0 Å². The Kier molecular flexibility index (Phi) is 9.07. The Morgan fingerprint density at radius 1 is 1.43 bits per heavy atom. The van der Waals surface area contributed by atoms with E-state index in [0.29, 0.717) is 13.2 Å². The highest BCUT2D eigenvalue weighted by molar-refractivity contribution is 4.85. The fourth-order valence-corrected chi connectivity index (χ4v) is 0.668. The Morgan fingerprint density at radius 3 is 2.86 bits per heavy atom. The molecule has 0 aromatic carbocycles. The maximum atomic E-state index is 9.25. The van der Waals surface area contributed by atoms with Crippen molar-refractivity contribution < 1.29 is 19.3 Å². The zero-order chi connectivity index (χ0) is 10.6. The van der Waals surface area contributed by atoms with Crippen LogP contribution in [0.4, 0.5) is 0 Å². The van der Waals surface area contributed by atoms with Gasteiger partial charge in [-0.1, -0.05) is 12.5 Å². The second kappa shape index (κ2) is 9.90. The molecule has 1 atom stereocenters. The van der Waals surface area contributed by atoms with Gasteiger partial charge in [-0.05, 0) is 0 Å². The lowest BCUT2D eigenvalue weighted by Crippen LogP contribution is -2.21. The first kappa shape index (κ1) is 12.8. The zero-order valence-electron chi connectivity index (χ0n) is 8.36. The summed E-state index contributed by atoms with van der Waals surface area (Å²) in [6.45, 7) is 6.27. The molecule has 0 saturated carbocycles. The molecule has 4 heteroatoms. The van der Waals surface area contributed by atoms with Gasteiger partial charge in [0.2, 0.25) is 0 Å². The third kappa shape index (κ3) is 8.91. The first-order valence-electron chi connectivity index (χ1n) is 4.33. The fraction of sp³-hybridized carbons (Fsp3) is 0.600. The Labute approximate surface area is 84.5 Å². The molecule has 14 heavy (non-hydrogen) atoms. The third-order valence-corrected chi connectivity index (χ3v) is 1.22. The van der Waals surface area contributed by atoms with Crippen LogP contribution in [0.3, 0.4) is 0 Å². The highest BCUT2D eigenvalue weighted by Gasteiger charge is 2.03. The molecule has 0 bridgehead atoms. The summed E-state index contributed by atoms with van der Waals surface area (Å²) >= 11 is 0. The summed E-state index contributed by atoms with van der Waals surface area (Å²) in [6, 6.07) is 0. The van der Waals surface area contributed by atoms with E-state index in [9.17, 15) is 5.11 Å². The molecule has 0 fully saturated rings. The van der Waals surface area contributed by atoms with Crippen molar-refractivity contribution in [2.24, 2.45) is 0 Å². The molecular weight excluding hydrogens is 184 g/mol. The number of ether oxygens (including phenoxy) is 3. The van der Waals surface area contributed by atoms with Crippen LogP contribution in [-0.2, 0) is 14.2 Å². The van der Waals surface area contributed by atoms with E-state index in [-0.39, 0.29) is 13.2 Å². The molecule has 1 N–H and O–H groups in total. The summed E-state index contributed by atoms with van der Waals surface area (Å²) in [4.78, 5) is 0. The van der Waals surface area contributed by atoms with Gasteiger partial charge in [0.05, 0.1) is 19.5 Å². The van der Waals surface area contributed by atoms with Crippen LogP contribution >= 0.6 is 0 Å². The lowest BCUT2D eigenvalue weighted by molar-refractivity contribution is -0.00518. The smallest absolute Gasteiger partial charge is 0.128 e. The normalized spacial score (nSPS) is 11.0. The molecule has 0 rings (SSSR count). The predicted octanol–water partition coefficient (Wildman–Crippen LogP) is 0.521. The van der Waals surface area contributed by atoms with E-state index < -0.39 is 6.10 Å². The number of hydrogen-bond donors (Lipinski definition) is 1. The molecule has 0 radical (unpaired) electrons. The van der Waals surface area contributed by atoms with E-state index in [4.69, 9.17) is 14.2 Å². The Bertz CT molecular complexity index is 192. The van der Waals surface area contributed by atoms with Gasteiger partial charge in [-0.25, -0.2) is 0 Å².